The molecule has 1 fully saturated rings. The molecule has 17 heavy (non-hydrogen) atoms. The third-order valence-corrected chi connectivity index (χ3v) is 3.50. The largest absolute Gasteiger partial charge is 0.383 e. The number of anilines is 1. The van der Waals surface area contributed by atoms with E-state index in [9.17, 15) is 0 Å². The topological polar surface area (TPSA) is 43.8 Å². The van der Waals surface area contributed by atoms with Gasteiger partial charge in [-0.05, 0) is 30.9 Å². The highest BCUT2D eigenvalue weighted by Gasteiger charge is 2.31. The highest BCUT2D eigenvalue weighted by atomic mass is 15.3. The summed E-state index contributed by atoms with van der Waals surface area (Å²) in [5, 5.41) is 4.58. The number of hydrogen-bond acceptors (Lipinski definition) is 2. The Hall–Kier alpha value is -1.77. The zero-order chi connectivity index (χ0) is 12.0. The molecule has 0 spiro atoms. The molecular formula is C14H17N3. The summed E-state index contributed by atoms with van der Waals surface area (Å²) in [5.41, 5.74) is 11.0. The van der Waals surface area contributed by atoms with Crippen molar-refractivity contribution in [1.82, 2.24) is 9.78 Å². The Morgan fingerprint density at radius 2 is 2.00 bits per heavy atom. The standard InChI is InChI=1S/C14H17N3/c1-9-5-3-4-6-11(9)12-13(10-7-8-10)16-17(2)14(12)15/h3-6,10H,7-8,15H2,1-2H3. The molecule has 1 aromatic heterocycles. The molecule has 0 bridgehead atoms. The normalized spacial score (nSPS) is 15.2. The van der Waals surface area contributed by atoms with E-state index in [0.717, 1.165) is 11.4 Å². The molecule has 3 nitrogen and oxygen atoms in total. The van der Waals surface area contributed by atoms with Gasteiger partial charge in [0.2, 0.25) is 0 Å². The van der Waals surface area contributed by atoms with Gasteiger partial charge in [0.1, 0.15) is 5.82 Å². The summed E-state index contributed by atoms with van der Waals surface area (Å²) in [6.07, 6.45) is 2.49. The third-order valence-electron chi connectivity index (χ3n) is 3.50. The Kier molecular flexibility index (Phi) is 2.21. The highest BCUT2D eigenvalue weighted by Crippen LogP contribution is 2.46. The molecule has 1 heterocycles. The molecule has 3 heteroatoms. The van der Waals surface area contributed by atoms with E-state index >= 15 is 0 Å². The molecule has 3 rings (SSSR count). The first-order valence-electron chi connectivity index (χ1n) is 6.07. The molecule has 0 saturated heterocycles. The molecule has 0 amide bonds. The zero-order valence-corrected chi connectivity index (χ0v) is 10.3. The van der Waals surface area contributed by atoms with Gasteiger partial charge in [0.15, 0.2) is 0 Å². The van der Waals surface area contributed by atoms with Crippen molar-refractivity contribution in [3.05, 3.63) is 35.5 Å². The minimum absolute atomic E-state index is 0.619. The van der Waals surface area contributed by atoms with E-state index in [2.05, 4.69) is 36.3 Å². The molecule has 2 N–H and O–H groups in total. The SMILES string of the molecule is Cc1ccccc1-c1c(C2CC2)nn(C)c1N. The van der Waals surface area contributed by atoms with Crippen LogP contribution in [0.3, 0.4) is 0 Å². The second-order valence-corrected chi connectivity index (χ2v) is 4.86. The van der Waals surface area contributed by atoms with Crippen LogP contribution in [0.25, 0.3) is 11.1 Å². The molecule has 0 aliphatic heterocycles. The third kappa shape index (κ3) is 1.62. The van der Waals surface area contributed by atoms with Crippen LogP contribution in [0.1, 0.15) is 30.0 Å². The molecule has 0 atom stereocenters. The average molecular weight is 227 g/mol. The van der Waals surface area contributed by atoms with Gasteiger partial charge in [-0.3, -0.25) is 4.68 Å². The Balaban J connectivity index is 2.22. The predicted molar refractivity (Wildman–Crippen MR) is 69.8 cm³/mol. The van der Waals surface area contributed by atoms with Gasteiger partial charge in [0.25, 0.3) is 0 Å². The summed E-state index contributed by atoms with van der Waals surface area (Å²) in [4.78, 5) is 0. The minimum Gasteiger partial charge on any atom is -0.383 e. The fourth-order valence-corrected chi connectivity index (χ4v) is 2.33. The number of aromatic nitrogens is 2. The Morgan fingerprint density at radius 1 is 1.29 bits per heavy atom. The van der Waals surface area contributed by atoms with Crippen LogP contribution in [-0.2, 0) is 7.05 Å². The molecule has 0 unspecified atom stereocenters. The maximum atomic E-state index is 6.17. The molecule has 1 aliphatic carbocycles. The molecule has 1 aromatic carbocycles. The summed E-state index contributed by atoms with van der Waals surface area (Å²) in [5.74, 6) is 1.40. The maximum Gasteiger partial charge on any atom is 0.129 e. The van der Waals surface area contributed by atoms with E-state index in [0.29, 0.717) is 5.92 Å². The van der Waals surface area contributed by atoms with Crippen LogP contribution in [-0.4, -0.2) is 9.78 Å². The summed E-state index contributed by atoms with van der Waals surface area (Å²) in [6.45, 7) is 2.12. The molecule has 0 radical (unpaired) electrons. The first-order chi connectivity index (χ1) is 8.18. The smallest absolute Gasteiger partial charge is 0.129 e. The van der Waals surface area contributed by atoms with Crippen molar-refractivity contribution in [2.24, 2.45) is 7.05 Å². The van der Waals surface area contributed by atoms with Crippen LogP contribution in [0.4, 0.5) is 5.82 Å². The summed E-state index contributed by atoms with van der Waals surface area (Å²) in [7, 11) is 1.92. The van der Waals surface area contributed by atoms with E-state index < -0.39 is 0 Å². The zero-order valence-electron chi connectivity index (χ0n) is 10.3. The second kappa shape index (κ2) is 3.62. The van der Waals surface area contributed by atoms with Gasteiger partial charge >= 0.3 is 0 Å². The highest BCUT2D eigenvalue weighted by molar-refractivity contribution is 5.79. The summed E-state index contributed by atoms with van der Waals surface area (Å²) < 4.78 is 1.80. The molecule has 1 aliphatic rings. The van der Waals surface area contributed by atoms with Crippen molar-refractivity contribution in [2.75, 3.05) is 5.73 Å². The van der Waals surface area contributed by atoms with Crippen molar-refractivity contribution in [3.8, 4) is 11.1 Å². The number of nitrogens with zero attached hydrogens (tertiary/aromatic N) is 2. The van der Waals surface area contributed by atoms with Crippen molar-refractivity contribution >= 4 is 5.82 Å². The van der Waals surface area contributed by atoms with E-state index in [-0.39, 0.29) is 0 Å². The number of rotatable bonds is 2. The van der Waals surface area contributed by atoms with Gasteiger partial charge in [-0.15, -0.1) is 0 Å². The van der Waals surface area contributed by atoms with E-state index in [1.54, 1.807) is 4.68 Å². The number of aryl methyl sites for hydroxylation is 2. The molecular weight excluding hydrogens is 210 g/mol. The van der Waals surface area contributed by atoms with Crippen molar-refractivity contribution in [3.63, 3.8) is 0 Å². The average Bonchev–Trinajstić information content (AvgIpc) is 3.10. The van der Waals surface area contributed by atoms with Crippen molar-refractivity contribution in [2.45, 2.75) is 25.7 Å². The van der Waals surface area contributed by atoms with Gasteiger partial charge in [0.05, 0.1) is 5.69 Å². The second-order valence-electron chi connectivity index (χ2n) is 4.86. The van der Waals surface area contributed by atoms with Gasteiger partial charge in [0, 0.05) is 18.5 Å². The van der Waals surface area contributed by atoms with Gasteiger partial charge in [-0.2, -0.15) is 5.10 Å². The Bertz CT molecular complexity index is 565. The Morgan fingerprint density at radius 3 is 2.65 bits per heavy atom. The Labute approximate surface area is 101 Å². The summed E-state index contributed by atoms with van der Waals surface area (Å²) >= 11 is 0. The van der Waals surface area contributed by atoms with Crippen LogP contribution >= 0.6 is 0 Å². The predicted octanol–water partition coefficient (Wildman–Crippen LogP) is 2.86. The molecule has 1 saturated carbocycles. The van der Waals surface area contributed by atoms with Crippen LogP contribution in [0.5, 0.6) is 0 Å². The lowest BCUT2D eigenvalue weighted by Crippen LogP contribution is -1.98. The van der Waals surface area contributed by atoms with Crippen LogP contribution < -0.4 is 5.73 Å². The maximum absolute atomic E-state index is 6.17. The first kappa shape index (κ1) is 10.4. The van der Waals surface area contributed by atoms with Gasteiger partial charge < -0.3 is 5.73 Å². The lowest BCUT2D eigenvalue weighted by atomic mass is 9.99. The van der Waals surface area contributed by atoms with E-state index in [1.807, 2.05) is 7.05 Å². The first-order valence-corrected chi connectivity index (χ1v) is 6.07. The number of nitrogen functional groups attached to an aromatic ring is 1. The number of benzene rings is 1. The lowest BCUT2D eigenvalue weighted by Gasteiger charge is -2.06. The lowest BCUT2D eigenvalue weighted by molar-refractivity contribution is 0.753. The summed E-state index contributed by atoms with van der Waals surface area (Å²) in [6, 6.07) is 8.38. The van der Waals surface area contributed by atoms with Gasteiger partial charge in [-0.25, -0.2) is 0 Å². The molecule has 2 aromatic rings. The number of hydrogen-bond donors (Lipinski definition) is 1. The molecule has 88 valence electrons. The monoisotopic (exact) mass is 227 g/mol. The van der Waals surface area contributed by atoms with Gasteiger partial charge in [-0.1, -0.05) is 24.3 Å². The minimum atomic E-state index is 0.619. The quantitative estimate of drug-likeness (QED) is 0.857. The number of nitrogens with two attached hydrogens (primary N) is 1. The van der Waals surface area contributed by atoms with Crippen molar-refractivity contribution in [1.29, 1.82) is 0 Å². The van der Waals surface area contributed by atoms with E-state index in [4.69, 9.17) is 5.73 Å². The van der Waals surface area contributed by atoms with Crippen molar-refractivity contribution < 1.29 is 0 Å². The van der Waals surface area contributed by atoms with Crippen LogP contribution in [0.2, 0.25) is 0 Å². The van der Waals surface area contributed by atoms with Crippen LogP contribution in [0, 0.1) is 6.92 Å². The fourth-order valence-electron chi connectivity index (χ4n) is 2.33. The fraction of sp³-hybridized carbons (Fsp3) is 0.357. The van der Waals surface area contributed by atoms with E-state index in [1.165, 1.54) is 29.7 Å². The van der Waals surface area contributed by atoms with Crippen LogP contribution in [0.15, 0.2) is 24.3 Å².